The zero-order chi connectivity index (χ0) is 14.4. The first-order valence-corrected chi connectivity index (χ1v) is 7.25. The molecule has 0 saturated carbocycles. The Morgan fingerprint density at radius 2 is 2.11 bits per heavy atom. The maximum atomic E-state index is 12.4. The lowest BCUT2D eigenvalue weighted by Crippen LogP contribution is -2.52. The summed E-state index contributed by atoms with van der Waals surface area (Å²) in [5, 5.41) is 8.78. The van der Waals surface area contributed by atoms with E-state index in [4.69, 9.17) is 10.8 Å². The Kier molecular flexibility index (Phi) is 6.28. The fourth-order valence-electron chi connectivity index (χ4n) is 2.57. The molecule has 5 heteroatoms. The molecule has 19 heavy (non-hydrogen) atoms. The number of hydrogen-bond donors (Lipinski definition) is 2. The number of carboxylic acid groups (broad SMARTS) is 1. The molecule has 1 fully saturated rings. The van der Waals surface area contributed by atoms with Gasteiger partial charge in [0.1, 0.15) is 0 Å². The van der Waals surface area contributed by atoms with Gasteiger partial charge >= 0.3 is 5.97 Å². The van der Waals surface area contributed by atoms with Crippen LogP contribution in [0.2, 0.25) is 0 Å². The predicted octanol–water partition coefficient (Wildman–Crippen LogP) is 1.61. The molecular formula is C14H26N2O3. The lowest BCUT2D eigenvalue weighted by molar-refractivity contribution is -0.141. The highest BCUT2D eigenvalue weighted by Gasteiger charge is 2.31. The molecule has 1 aliphatic rings. The molecule has 0 radical (unpaired) electrons. The van der Waals surface area contributed by atoms with Crippen molar-refractivity contribution in [2.75, 3.05) is 6.54 Å². The zero-order valence-corrected chi connectivity index (χ0v) is 12.0. The van der Waals surface area contributed by atoms with Crippen LogP contribution in [0.4, 0.5) is 0 Å². The third kappa shape index (κ3) is 4.49. The van der Waals surface area contributed by atoms with Gasteiger partial charge in [-0.2, -0.15) is 0 Å². The second-order valence-corrected chi connectivity index (χ2v) is 5.52. The summed E-state index contributed by atoms with van der Waals surface area (Å²) in [6.07, 6.45) is 4.48. The number of carbonyl (C=O) groups excluding carboxylic acids is 1. The van der Waals surface area contributed by atoms with Crippen molar-refractivity contribution in [3.05, 3.63) is 0 Å². The van der Waals surface area contributed by atoms with Crippen LogP contribution in [0.5, 0.6) is 0 Å². The molecule has 0 aromatic rings. The third-order valence-corrected chi connectivity index (χ3v) is 4.14. The molecule has 110 valence electrons. The molecule has 0 spiro atoms. The Labute approximate surface area is 115 Å². The summed E-state index contributed by atoms with van der Waals surface area (Å²) in [6, 6.07) is -0.414. The average Bonchev–Trinajstić information content (AvgIpc) is 2.42. The minimum Gasteiger partial charge on any atom is -0.481 e. The van der Waals surface area contributed by atoms with Gasteiger partial charge in [0.05, 0.1) is 6.04 Å². The summed E-state index contributed by atoms with van der Waals surface area (Å²) in [4.78, 5) is 24.9. The van der Waals surface area contributed by atoms with Gasteiger partial charge in [0, 0.05) is 19.0 Å². The smallest absolute Gasteiger partial charge is 0.303 e. The largest absolute Gasteiger partial charge is 0.481 e. The quantitative estimate of drug-likeness (QED) is 0.768. The molecule has 1 amide bonds. The summed E-state index contributed by atoms with van der Waals surface area (Å²) >= 11 is 0. The molecule has 0 bridgehead atoms. The number of nitrogens with zero attached hydrogens (tertiary/aromatic N) is 1. The molecule has 1 saturated heterocycles. The fraction of sp³-hybridized carbons (Fsp3) is 0.857. The number of aliphatic carboxylic acids is 1. The summed E-state index contributed by atoms with van der Waals surface area (Å²) in [5.74, 6) is -0.650. The van der Waals surface area contributed by atoms with E-state index in [1.807, 2.05) is 18.7 Å². The molecule has 0 aromatic heterocycles. The van der Waals surface area contributed by atoms with Gasteiger partial charge in [0.25, 0.3) is 0 Å². The van der Waals surface area contributed by atoms with Crippen LogP contribution in [0.1, 0.15) is 52.4 Å². The highest BCUT2D eigenvalue weighted by molar-refractivity contribution is 5.82. The van der Waals surface area contributed by atoms with E-state index in [0.717, 1.165) is 25.7 Å². The third-order valence-electron chi connectivity index (χ3n) is 4.14. The molecule has 1 aliphatic heterocycles. The van der Waals surface area contributed by atoms with Crippen LogP contribution in [0.15, 0.2) is 0 Å². The number of likely N-dealkylation sites (tertiary alicyclic amines) is 1. The van der Waals surface area contributed by atoms with Crippen molar-refractivity contribution in [1.29, 1.82) is 0 Å². The lowest BCUT2D eigenvalue weighted by Gasteiger charge is -2.38. The molecular weight excluding hydrogens is 244 g/mol. The van der Waals surface area contributed by atoms with Crippen LogP contribution in [0, 0.1) is 5.92 Å². The van der Waals surface area contributed by atoms with Crippen molar-refractivity contribution in [3.8, 4) is 0 Å². The van der Waals surface area contributed by atoms with Crippen molar-refractivity contribution < 1.29 is 14.7 Å². The van der Waals surface area contributed by atoms with Gasteiger partial charge in [-0.05, 0) is 31.6 Å². The van der Waals surface area contributed by atoms with E-state index in [9.17, 15) is 9.59 Å². The number of carboxylic acids is 1. The Hall–Kier alpha value is -1.10. The van der Waals surface area contributed by atoms with E-state index in [-0.39, 0.29) is 24.3 Å². The molecule has 1 rings (SSSR count). The number of piperidine rings is 1. The maximum Gasteiger partial charge on any atom is 0.303 e. The standard InChI is InChI=1S/C14H26N2O3/c1-3-10(2)13(15)14(19)16-9-5-4-6-11(16)7-8-12(17)18/h10-11,13H,3-9,15H2,1-2H3,(H,17,18)/t10?,11?,13-/m0/s1. The van der Waals surface area contributed by atoms with E-state index >= 15 is 0 Å². The molecule has 0 aliphatic carbocycles. The Morgan fingerprint density at radius 1 is 1.42 bits per heavy atom. The lowest BCUT2D eigenvalue weighted by atomic mass is 9.93. The molecule has 1 heterocycles. The highest BCUT2D eigenvalue weighted by Crippen LogP contribution is 2.23. The first-order valence-electron chi connectivity index (χ1n) is 7.25. The van der Waals surface area contributed by atoms with Gasteiger partial charge in [-0.1, -0.05) is 20.3 Å². The van der Waals surface area contributed by atoms with E-state index in [1.54, 1.807) is 0 Å². The van der Waals surface area contributed by atoms with Crippen molar-refractivity contribution >= 4 is 11.9 Å². The van der Waals surface area contributed by atoms with Crippen LogP contribution in [-0.2, 0) is 9.59 Å². The van der Waals surface area contributed by atoms with Gasteiger partial charge in [-0.25, -0.2) is 0 Å². The normalized spacial score (nSPS) is 22.9. The predicted molar refractivity (Wildman–Crippen MR) is 73.7 cm³/mol. The average molecular weight is 270 g/mol. The van der Waals surface area contributed by atoms with E-state index in [2.05, 4.69) is 0 Å². The van der Waals surface area contributed by atoms with Crippen LogP contribution in [0.3, 0.4) is 0 Å². The van der Waals surface area contributed by atoms with E-state index < -0.39 is 12.0 Å². The second-order valence-electron chi connectivity index (χ2n) is 5.52. The van der Waals surface area contributed by atoms with Gasteiger partial charge in [0.15, 0.2) is 0 Å². The first kappa shape index (κ1) is 16.0. The van der Waals surface area contributed by atoms with Crippen molar-refractivity contribution in [2.45, 2.75) is 64.5 Å². The summed E-state index contributed by atoms with van der Waals surface area (Å²) in [6.45, 7) is 4.72. The van der Waals surface area contributed by atoms with Crippen LogP contribution in [-0.4, -0.2) is 40.5 Å². The van der Waals surface area contributed by atoms with Crippen LogP contribution < -0.4 is 5.73 Å². The maximum absolute atomic E-state index is 12.4. The van der Waals surface area contributed by atoms with Gasteiger partial charge in [0.2, 0.25) is 5.91 Å². The Morgan fingerprint density at radius 3 is 2.68 bits per heavy atom. The monoisotopic (exact) mass is 270 g/mol. The number of nitrogens with two attached hydrogens (primary N) is 1. The van der Waals surface area contributed by atoms with Crippen molar-refractivity contribution in [2.24, 2.45) is 11.7 Å². The van der Waals surface area contributed by atoms with Crippen LogP contribution >= 0.6 is 0 Å². The number of carbonyl (C=O) groups is 2. The number of rotatable bonds is 6. The highest BCUT2D eigenvalue weighted by atomic mass is 16.4. The topological polar surface area (TPSA) is 83.6 Å². The van der Waals surface area contributed by atoms with E-state index in [0.29, 0.717) is 13.0 Å². The van der Waals surface area contributed by atoms with Crippen molar-refractivity contribution in [1.82, 2.24) is 4.90 Å². The summed E-state index contributed by atoms with van der Waals surface area (Å²) < 4.78 is 0. The Balaban J connectivity index is 2.65. The SMILES string of the molecule is CCC(C)[C@H](N)C(=O)N1CCCCC1CCC(=O)O. The summed E-state index contributed by atoms with van der Waals surface area (Å²) in [5.41, 5.74) is 6.01. The van der Waals surface area contributed by atoms with Crippen LogP contribution in [0.25, 0.3) is 0 Å². The number of hydrogen-bond acceptors (Lipinski definition) is 3. The fourth-order valence-corrected chi connectivity index (χ4v) is 2.57. The molecule has 3 atom stereocenters. The van der Waals surface area contributed by atoms with Gasteiger partial charge < -0.3 is 15.7 Å². The van der Waals surface area contributed by atoms with Crippen molar-refractivity contribution in [3.63, 3.8) is 0 Å². The molecule has 5 nitrogen and oxygen atoms in total. The Bertz CT molecular complexity index is 320. The van der Waals surface area contributed by atoms with Gasteiger partial charge in [-0.15, -0.1) is 0 Å². The number of amides is 1. The van der Waals surface area contributed by atoms with E-state index in [1.165, 1.54) is 0 Å². The minimum atomic E-state index is -0.802. The van der Waals surface area contributed by atoms with Gasteiger partial charge in [-0.3, -0.25) is 9.59 Å². The first-order chi connectivity index (χ1) is 8.97. The summed E-state index contributed by atoms with van der Waals surface area (Å²) in [7, 11) is 0. The second kappa shape index (κ2) is 7.48. The molecule has 2 unspecified atom stereocenters. The molecule has 0 aromatic carbocycles. The minimum absolute atomic E-state index is 0.00978. The zero-order valence-electron chi connectivity index (χ0n) is 12.0. The molecule has 3 N–H and O–H groups in total.